The maximum absolute atomic E-state index is 12.0. The fraction of sp³-hybridized carbons (Fsp3) is 0.500. The van der Waals surface area contributed by atoms with E-state index in [1.807, 2.05) is 32.0 Å². The number of benzene rings is 1. The van der Waals surface area contributed by atoms with Crippen LogP contribution in [0.15, 0.2) is 18.2 Å². The zero-order chi connectivity index (χ0) is 16.5. The first kappa shape index (κ1) is 16.3. The van der Waals surface area contributed by atoms with Crippen LogP contribution in [-0.2, 0) is 4.79 Å². The zero-order valence-electron chi connectivity index (χ0n) is 13.3. The molecule has 0 saturated carbocycles. The minimum Gasteiger partial charge on any atom is -0.491 e. The summed E-state index contributed by atoms with van der Waals surface area (Å²) in [5.41, 5.74) is 1.21. The number of hydrogen-bond acceptors (Lipinski definition) is 4. The van der Waals surface area contributed by atoms with E-state index in [0.29, 0.717) is 5.75 Å². The van der Waals surface area contributed by atoms with Crippen LogP contribution < -0.4 is 10.1 Å². The first-order valence-corrected chi connectivity index (χ1v) is 7.22. The summed E-state index contributed by atoms with van der Waals surface area (Å²) < 4.78 is 5.54. The number of imide groups is 1. The second-order valence-electron chi connectivity index (χ2n) is 6.26. The molecule has 1 aromatic carbocycles. The van der Waals surface area contributed by atoms with Crippen LogP contribution in [0.5, 0.6) is 5.75 Å². The normalized spacial score (nSPS) is 18.3. The molecule has 1 fully saturated rings. The predicted octanol–water partition coefficient (Wildman–Crippen LogP) is 1.37. The third-order valence-corrected chi connectivity index (χ3v) is 3.48. The highest BCUT2D eigenvalue weighted by molar-refractivity contribution is 6.06. The summed E-state index contributed by atoms with van der Waals surface area (Å²) in [5.74, 6) is 0.317. The molecule has 6 heteroatoms. The van der Waals surface area contributed by atoms with Crippen molar-refractivity contribution in [2.24, 2.45) is 0 Å². The molecule has 2 N–H and O–H groups in total. The molecule has 3 amide bonds. The molecule has 120 valence electrons. The lowest BCUT2D eigenvalue weighted by atomic mass is 10.1. The number of urea groups is 1. The molecular weight excluding hydrogens is 284 g/mol. The van der Waals surface area contributed by atoms with Crippen LogP contribution in [0.3, 0.4) is 0 Å². The van der Waals surface area contributed by atoms with Crippen molar-refractivity contribution in [3.05, 3.63) is 29.3 Å². The number of aryl methyl sites for hydroxylation is 2. The maximum Gasteiger partial charge on any atom is 0.325 e. The Bertz CT molecular complexity index is 578. The van der Waals surface area contributed by atoms with E-state index in [0.717, 1.165) is 16.0 Å². The van der Waals surface area contributed by atoms with Gasteiger partial charge in [-0.25, -0.2) is 4.79 Å². The highest BCUT2D eigenvalue weighted by Gasteiger charge is 2.44. The highest BCUT2D eigenvalue weighted by atomic mass is 16.5. The topological polar surface area (TPSA) is 78.9 Å². The summed E-state index contributed by atoms with van der Waals surface area (Å²) in [6, 6.07) is 5.28. The number of nitrogens with one attached hydrogen (secondary N) is 1. The summed E-state index contributed by atoms with van der Waals surface area (Å²) in [7, 11) is 0. The second kappa shape index (κ2) is 5.96. The molecule has 1 atom stereocenters. The number of carbonyl (C=O) groups excluding carboxylic acids is 2. The Balaban J connectivity index is 1.92. The molecule has 0 spiro atoms. The quantitative estimate of drug-likeness (QED) is 0.805. The van der Waals surface area contributed by atoms with Crippen molar-refractivity contribution in [1.29, 1.82) is 0 Å². The molecule has 1 heterocycles. The third-order valence-electron chi connectivity index (χ3n) is 3.48. The molecule has 0 radical (unpaired) electrons. The fourth-order valence-corrected chi connectivity index (χ4v) is 2.46. The molecular formula is C16H22N2O4. The molecule has 6 nitrogen and oxygen atoms in total. The average Bonchev–Trinajstić information content (AvgIpc) is 2.57. The lowest BCUT2D eigenvalue weighted by Crippen LogP contribution is -2.42. The van der Waals surface area contributed by atoms with E-state index in [2.05, 4.69) is 5.32 Å². The molecule has 0 unspecified atom stereocenters. The first-order valence-electron chi connectivity index (χ1n) is 7.22. The Morgan fingerprint density at radius 3 is 2.32 bits per heavy atom. The van der Waals surface area contributed by atoms with Gasteiger partial charge in [0.05, 0.1) is 6.54 Å². The van der Waals surface area contributed by atoms with E-state index in [4.69, 9.17) is 4.74 Å². The van der Waals surface area contributed by atoms with Crippen molar-refractivity contribution in [1.82, 2.24) is 10.2 Å². The fourth-order valence-electron chi connectivity index (χ4n) is 2.46. The lowest BCUT2D eigenvalue weighted by Gasteiger charge is -2.19. The lowest BCUT2D eigenvalue weighted by molar-refractivity contribution is -0.131. The predicted molar refractivity (Wildman–Crippen MR) is 81.7 cm³/mol. The molecule has 1 aromatic rings. The van der Waals surface area contributed by atoms with Crippen LogP contribution in [0, 0.1) is 13.8 Å². The van der Waals surface area contributed by atoms with Crippen LogP contribution in [0.1, 0.15) is 25.0 Å². The first-order chi connectivity index (χ1) is 10.2. The number of carbonyl (C=O) groups is 2. The van der Waals surface area contributed by atoms with Gasteiger partial charge in [0.25, 0.3) is 5.91 Å². The second-order valence-corrected chi connectivity index (χ2v) is 6.26. The van der Waals surface area contributed by atoms with Crippen molar-refractivity contribution in [3.63, 3.8) is 0 Å². The Morgan fingerprint density at radius 2 is 1.82 bits per heavy atom. The van der Waals surface area contributed by atoms with Crippen molar-refractivity contribution in [2.75, 3.05) is 13.2 Å². The van der Waals surface area contributed by atoms with E-state index in [1.54, 1.807) is 13.8 Å². The van der Waals surface area contributed by atoms with Crippen LogP contribution >= 0.6 is 0 Å². The molecule has 0 bridgehead atoms. The van der Waals surface area contributed by atoms with Gasteiger partial charge in [0, 0.05) is 0 Å². The average molecular weight is 306 g/mol. The van der Waals surface area contributed by atoms with Gasteiger partial charge < -0.3 is 15.2 Å². The molecule has 1 saturated heterocycles. The van der Waals surface area contributed by atoms with Crippen molar-refractivity contribution >= 4 is 11.9 Å². The van der Waals surface area contributed by atoms with Gasteiger partial charge in [-0.3, -0.25) is 9.69 Å². The van der Waals surface area contributed by atoms with Gasteiger partial charge in [-0.2, -0.15) is 0 Å². The van der Waals surface area contributed by atoms with E-state index in [-0.39, 0.29) is 19.1 Å². The summed E-state index contributed by atoms with van der Waals surface area (Å²) in [4.78, 5) is 24.8. The van der Waals surface area contributed by atoms with Crippen molar-refractivity contribution in [2.45, 2.75) is 39.3 Å². The molecule has 1 aliphatic rings. The van der Waals surface area contributed by atoms with Crippen LogP contribution in [0.4, 0.5) is 4.79 Å². The maximum atomic E-state index is 12.0. The van der Waals surface area contributed by atoms with Crippen molar-refractivity contribution < 1.29 is 19.4 Å². The van der Waals surface area contributed by atoms with E-state index < -0.39 is 17.7 Å². The van der Waals surface area contributed by atoms with Gasteiger partial charge in [0.15, 0.2) is 0 Å². The smallest absolute Gasteiger partial charge is 0.325 e. The minimum absolute atomic E-state index is 0.0143. The molecule has 0 aliphatic carbocycles. The highest BCUT2D eigenvalue weighted by Crippen LogP contribution is 2.18. The Hall–Kier alpha value is -2.08. The van der Waals surface area contributed by atoms with Gasteiger partial charge in [0.2, 0.25) is 0 Å². The number of aliphatic hydroxyl groups is 1. The van der Waals surface area contributed by atoms with Gasteiger partial charge in [-0.15, -0.1) is 0 Å². The third kappa shape index (κ3) is 3.57. The van der Waals surface area contributed by atoms with Crippen LogP contribution in [0.25, 0.3) is 0 Å². The number of amides is 3. The standard InChI is InChI=1S/C16H22N2O4/c1-10-5-11(2)7-13(6-10)22-9-12(19)8-18-14(20)16(3,4)17-15(18)21/h5-7,12,19H,8-9H2,1-4H3,(H,17,21)/t12-/m0/s1. The number of hydrogen-bond donors (Lipinski definition) is 2. The van der Waals surface area contributed by atoms with Gasteiger partial charge in [-0.1, -0.05) is 6.07 Å². The number of rotatable bonds is 5. The van der Waals surface area contributed by atoms with Crippen molar-refractivity contribution in [3.8, 4) is 5.75 Å². The van der Waals surface area contributed by atoms with E-state index >= 15 is 0 Å². The minimum atomic E-state index is -0.940. The molecule has 0 aromatic heterocycles. The van der Waals surface area contributed by atoms with E-state index in [1.165, 1.54) is 0 Å². The summed E-state index contributed by atoms with van der Waals surface area (Å²) >= 11 is 0. The zero-order valence-corrected chi connectivity index (χ0v) is 13.3. The number of β-amino-alcohol motifs (C(OH)–C–C–N with tert-alkyl or cyclic N) is 1. The molecule has 22 heavy (non-hydrogen) atoms. The van der Waals surface area contributed by atoms with Gasteiger partial charge in [0.1, 0.15) is 24.0 Å². The SMILES string of the molecule is Cc1cc(C)cc(OC[C@@H](O)CN2C(=O)NC(C)(C)C2=O)c1. The number of nitrogens with zero attached hydrogens (tertiary/aromatic N) is 1. The van der Waals surface area contributed by atoms with E-state index in [9.17, 15) is 14.7 Å². The number of aliphatic hydroxyl groups excluding tert-OH is 1. The summed E-state index contributed by atoms with van der Waals surface area (Å²) in [6.45, 7) is 7.12. The summed E-state index contributed by atoms with van der Waals surface area (Å²) in [5, 5.41) is 12.6. The van der Waals surface area contributed by atoms with Crippen LogP contribution in [0.2, 0.25) is 0 Å². The summed E-state index contributed by atoms with van der Waals surface area (Å²) in [6.07, 6.45) is -0.940. The Kier molecular flexibility index (Phi) is 4.42. The van der Waals surface area contributed by atoms with Gasteiger partial charge in [-0.05, 0) is 51.0 Å². The number of ether oxygens (including phenoxy) is 1. The molecule has 2 rings (SSSR count). The monoisotopic (exact) mass is 306 g/mol. The van der Waals surface area contributed by atoms with Crippen LogP contribution in [-0.4, -0.2) is 46.7 Å². The largest absolute Gasteiger partial charge is 0.491 e. The Labute approximate surface area is 130 Å². The van der Waals surface area contributed by atoms with Gasteiger partial charge >= 0.3 is 6.03 Å². The molecule has 1 aliphatic heterocycles. The Morgan fingerprint density at radius 1 is 1.23 bits per heavy atom.